The maximum Gasteiger partial charge on any atom is 0.0230 e. The minimum Gasteiger partial charge on any atom is -0.298 e. The maximum absolute atomic E-state index is 2.83. The summed E-state index contributed by atoms with van der Waals surface area (Å²) in [6.07, 6.45) is 7.40. The van der Waals surface area contributed by atoms with Crippen LogP contribution in [0.25, 0.3) is 0 Å². The third-order valence-electron chi connectivity index (χ3n) is 5.90. The van der Waals surface area contributed by atoms with Crippen molar-refractivity contribution in [2.75, 3.05) is 26.2 Å². The minimum absolute atomic E-state index is 0.684. The monoisotopic (exact) mass is 390 g/mol. The molecule has 0 aromatic carbocycles. The number of alkyl halides is 1. The highest BCUT2D eigenvalue weighted by atomic mass is 127. The molecule has 4 fully saturated rings. The van der Waals surface area contributed by atoms with Crippen molar-refractivity contribution in [1.82, 2.24) is 9.80 Å². The molecule has 0 aromatic heterocycles. The fraction of sp³-hybridized carbons (Fsp3) is 1.00. The molecule has 20 heavy (non-hydrogen) atoms. The molecule has 1 aliphatic heterocycles. The normalized spacial score (nSPS) is 44.0. The van der Waals surface area contributed by atoms with Crippen LogP contribution in [0.4, 0.5) is 0 Å². The van der Waals surface area contributed by atoms with Gasteiger partial charge in [0.1, 0.15) is 0 Å². The SMILES string of the molecule is CC1CC(N2CCN(C(C)C)CC2)CC2CC(I)(C1)C2. The van der Waals surface area contributed by atoms with Gasteiger partial charge in [0, 0.05) is 41.7 Å². The standard InChI is InChI=1S/C17H31IN2/c1-13(2)19-4-6-20(7-5-19)16-8-14(3)10-17(18)11-15(9-16)12-17/h13-16H,4-12H2,1-3H3. The van der Waals surface area contributed by atoms with Gasteiger partial charge >= 0.3 is 0 Å². The van der Waals surface area contributed by atoms with Crippen molar-refractivity contribution in [3.05, 3.63) is 0 Å². The molecule has 4 rings (SSSR count). The summed E-state index contributed by atoms with van der Waals surface area (Å²) < 4.78 is 0.684. The van der Waals surface area contributed by atoms with Crippen molar-refractivity contribution < 1.29 is 0 Å². The van der Waals surface area contributed by atoms with E-state index < -0.39 is 0 Å². The average molecular weight is 390 g/mol. The molecular formula is C17H31IN2. The molecule has 0 amide bonds. The lowest BCUT2D eigenvalue weighted by Crippen LogP contribution is -2.54. The number of hydrogen-bond donors (Lipinski definition) is 0. The van der Waals surface area contributed by atoms with E-state index in [0.29, 0.717) is 3.42 Å². The Morgan fingerprint density at radius 3 is 2.25 bits per heavy atom. The van der Waals surface area contributed by atoms with E-state index in [1.54, 1.807) is 0 Å². The summed E-state index contributed by atoms with van der Waals surface area (Å²) in [6, 6.07) is 1.60. The second-order valence-corrected chi connectivity index (χ2v) is 10.3. The molecule has 2 atom stereocenters. The predicted molar refractivity (Wildman–Crippen MR) is 94.6 cm³/mol. The molecule has 2 unspecified atom stereocenters. The number of nitrogens with zero attached hydrogens (tertiary/aromatic N) is 2. The zero-order valence-corrected chi connectivity index (χ0v) is 15.6. The number of hydrogen-bond acceptors (Lipinski definition) is 2. The molecule has 1 saturated heterocycles. The van der Waals surface area contributed by atoms with Gasteiger partial charge < -0.3 is 0 Å². The van der Waals surface area contributed by atoms with E-state index in [9.17, 15) is 0 Å². The Kier molecular flexibility index (Phi) is 4.69. The number of piperazine rings is 1. The van der Waals surface area contributed by atoms with Gasteiger partial charge in [0.15, 0.2) is 0 Å². The Hall–Kier alpha value is 0.650. The second kappa shape index (κ2) is 6.04. The molecule has 0 aromatic rings. The number of halogens is 1. The first-order chi connectivity index (χ1) is 9.45. The van der Waals surface area contributed by atoms with Crippen LogP contribution in [0.3, 0.4) is 0 Å². The number of fused-ring (bicyclic) bond motifs is 4. The number of rotatable bonds is 2. The molecule has 4 aliphatic rings. The predicted octanol–water partition coefficient (Wildman–Crippen LogP) is 3.78. The van der Waals surface area contributed by atoms with Crippen molar-refractivity contribution in [2.24, 2.45) is 11.8 Å². The van der Waals surface area contributed by atoms with Crippen LogP contribution >= 0.6 is 22.6 Å². The first-order valence-electron chi connectivity index (χ1n) is 8.62. The summed E-state index contributed by atoms with van der Waals surface area (Å²) in [5.41, 5.74) is 0. The fourth-order valence-electron chi connectivity index (χ4n) is 4.88. The molecule has 3 aliphatic carbocycles. The van der Waals surface area contributed by atoms with Crippen LogP contribution in [-0.4, -0.2) is 51.5 Å². The van der Waals surface area contributed by atoms with E-state index >= 15 is 0 Å². The molecule has 2 bridgehead atoms. The van der Waals surface area contributed by atoms with Crippen molar-refractivity contribution in [2.45, 2.75) is 68.4 Å². The first-order valence-corrected chi connectivity index (χ1v) is 9.70. The molecule has 116 valence electrons. The average Bonchev–Trinajstić information content (AvgIpc) is 2.33. The van der Waals surface area contributed by atoms with Gasteiger partial charge in [0.25, 0.3) is 0 Å². The largest absolute Gasteiger partial charge is 0.298 e. The van der Waals surface area contributed by atoms with Crippen LogP contribution in [0.15, 0.2) is 0 Å². The van der Waals surface area contributed by atoms with Crippen molar-refractivity contribution in [3.63, 3.8) is 0 Å². The van der Waals surface area contributed by atoms with Gasteiger partial charge in [-0.3, -0.25) is 9.80 Å². The van der Waals surface area contributed by atoms with E-state index in [-0.39, 0.29) is 0 Å². The van der Waals surface area contributed by atoms with Gasteiger partial charge in [-0.2, -0.15) is 0 Å². The first kappa shape index (κ1) is 15.5. The van der Waals surface area contributed by atoms with E-state index in [1.807, 2.05) is 0 Å². The van der Waals surface area contributed by atoms with Crippen LogP contribution < -0.4 is 0 Å². The van der Waals surface area contributed by atoms with Crippen LogP contribution in [0.5, 0.6) is 0 Å². The van der Waals surface area contributed by atoms with E-state index in [2.05, 4.69) is 53.2 Å². The molecule has 0 N–H and O–H groups in total. The topological polar surface area (TPSA) is 6.48 Å². The van der Waals surface area contributed by atoms with Crippen LogP contribution in [0, 0.1) is 11.8 Å². The van der Waals surface area contributed by atoms with Crippen molar-refractivity contribution in [3.8, 4) is 0 Å². The van der Waals surface area contributed by atoms with E-state index in [4.69, 9.17) is 0 Å². The second-order valence-electron chi connectivity index (χ2n) is 8.03. The maximum atomic E-state index is 2.83. The zero-order chi connectivity index (χ0) is 14.3. The molecule has 3 heteroatoms. The lowest BCUT2D eigenvalue weighted by molar-refractivity contribution is 0.0340. The summed E-state index contributed by atoms with van der Waals surface area (Å²) in [4.78, 5) is 5.47. The summed E-state index contributed by atoms with van der Waals surface area (Å²) in [5, 5.41) is 0. The molecular weight excluding hydrogens is 359 g/mol. The lowest BCUT2D eigenvalue weighted by Gasteiger charge is -2.51. The van der Waals surface area contributed by atoms with Gasteiger partial charge in [-0.05, 0) is 57.8 Å². The Labute approximate surface area is 138 Å². The van der Waals surface area contributed by atoms with Gasteiger partial charge in [-0.15, -0.1) is 0 Å². The molecule has 3 saturated carbocycles. The van der Waals surface area contributed by atoms with Crippen LogP contribution in [0.1, 0.15) is 52.9 Å². The minimum atomic E-state index is 0.684. The third kappa shape index (κ3) is 3.35. The van der Waals surface area contributed by atoms with Gasteiger partial charge in [0.05, 0.1) is 0 Å². The third-order valence-corrected chi connectivity index (χ3v) is 7.22. The summed E-state index contributed by atoms with van der Waals surface area (Å²) in [5.74, 6) is 1.95. The molecule has 1 heterocycles. The van der Waals surface area contributed by atoms with Gasteiger partial charge in [-0.1, -0.05) is 29.5 Å². The highest BCUT2D eigenvalue weighted by Crippen LogP contribution is 2.53. The molecule has 0 spiro atoms. The van der Waals surface area contributed by atoms with Gasteiger partial charge in [-0.25, -0.2) is 0 Å². The summed E-state index contributed by atoms with van der Waals surface area (Å²) >= 11 is 2.77. The Bertz CT molecular complexity index is 328. The van der Waals surface area contributed by atoms with Crippen LogP contribution in [-0.2, 0) is 0 Å². The Balaban J connectivity index is 1.57. The van der Waals surface area contributed by atoms with Crippen molar-refractivity contribution >= 4 is 22.6 Å². The smallest absolute Gasteiger partial charge is 0.0230 e. The quantitative estimate of drug-likeness (QED) is 0.523. The molecule has 2 nitrogen and oxygen atoms in total. The Morgan fingerprint density at radius 2 is 1.65 bits per heavy atom. The van der Waals surface area contributed by atoms with E-state index in [0.717, 1.165) is 23.9 Å². The fourth-order valence-corrected chi connectivity index (χ4v) is 6.88. The van der Waals surface area contributed by atoms with Crippen LogP contribution in [0.2, 0.25) is 0 Å². The molecule has 0 radical (unpaired) electrons. The highest BCUT2D eigenvalue weighted by Gasteiger charge is 2.46. The highest BCUT2D eigenvalue weighted by molar-refractivity contribution is 14.1. The van der Waals surface area contributed by atoms with Crippen molar-refractivity contribution in [1.29, 1.82) is 0 Å². The summed E-state index contributed by atoms with van der Waals surface area (Å²) in [7, 11) is 0. The Morgan fingerprint density at radius 1 is 1.00 bits per heavy atom. The zero-order valence-electron chi connectivity index (χ0n) is 13.4. The van der Waals surface area contributed by atoms with Gasteiger partial charge in [0.2, 0.25) is 0 Å². The van der Waals surface area contributed by atoms with E-state index in [1.165, 1.54) is 58.3 Å². The lowest BCUT2D eigenvalue weighted by atomic mass is 9.65. The summed E-state index contributed by atoms with van der Waals surface area (Å²) in [6.45, 7) is 12.3.